The summed E-state index contributed by atoms with van der Waals surface area (Å²) in [5.74, 6) is 0. The van der Waals surface area contributed by atoms with E-state index in [4.69, 9.17) is 4.42 Å². The van der Waals surface area contributed by atoms with Crippen LogP contribution in [0.25, 0.3) is 55.3 Å². The molecule has 6 aromatic rings. The van der Waals surface area contributed by atoms with Crippen LogP contribution in [0.15, 0.2) is 120 Å². The van der Waals surface area contributed by atoms with Gasteiger partial charge in [-0.3, -0.25) is 0 Å². The second-order valence-electron chi connectivity index (χ2n) is 8.52. The summed E-state index contributed by atoms with van der Waals surface area (Å²) >= 11 is 0. The fourth-order valence-electron chi connectivity index (χ4n) is 4.57. The van der Waals surface area contributed by atoms with Crippen molar-refractivity contribution in [3.8, 4) is 33.4 Å². The first-order valence-electron chi connectivity index (χ1n) is 11.5. The Morgan fingerprint density at radius 3 is 1.73 bits per heavy atom. The van der Waals surface area contributed by atoms with Crippen LogP contribution < -0.4 is 0 Å². The molecule has 158 valence electrons. The maximum Gasteiger partial charge on any atom is 0.136 e. The molecule has 0 aliphatic rings. The normalized spacial score (nSPS) is 11.3. The van der Waals surface area contributed by atoms with Crippen molar-refractivity contribution in [3.05, 3.63) is 121 Å². The summed E-state index contributed by atoms with van der Waals surface area (Å²) in [6.45, 7) is 2.19. The fourth-order valence-corrected chi connectivity index (χ4v) is 4.57. The Morgan fingerprint density at radius 2 is 1.00 bits per heavy atom. The van der Waals surface area contributed by atoms with Gasteiger partial charge in [0, 0.05) is 10.8 Å². The van der Waals surface area contributed by atoms with E-state index < -0.39 is 0 Å². The molecule has 0 aliphatic carbocycles. The first kappa shape index (κ1) is 19.6. The van der Waals surface area contributed by atoms with E-state index in [0.717, 1.165) is 33.9 Å². The van der Waals surface area contributed by atoms with Crippen molar-refractivity contribution in [2.24, 2.45) is 0 Å². The van der Waals surface area contributed by atoms with Crippen molar-refractivity contribution in [1.29, 1.82) is 0 Å². The van der Waals surface area contributed by atoms with Crippen LogP contribution in [0.1, 0.15) is 12.5 Å². The monoisotopic (exact) mass is 424 g/mol. The molecular weight excluding hydrogens is 400 g/mol. The zero-order chi connectivity index (χ0) is 22.2. The van der Waals surface area contributed by atoms with E-state index in [-0.39, 0.29) is 0 Å². The van der Waals surface area contributed by atoms with Crippen molar-refractivity contribution in [2.45, 2.75) is 13.3 Å². The number of fused-ring (bicyclic) bond motifs is 3. The molecule has 0 amide bonds. The second-order valence-corrected chi connectivity index (χ2v) is 8.52. The minimum atomic E-state index is 0.928. The Morgan fingerprint density at radius 1 is 0.455 bits per heavy atom. The minimum Gasteiger partial charge on any atom is -0.456 e. The topological polar surface area (TPSA) is 13.1 Å². The molecule has 1 aromatic heterocycles. The molecule has 0 saturated heterocycles. The molecule has 0 aliphatic heterocycles. The van der Waals surface area contributed by atoms with Crippen LogP contribution in [-0.4, -0.2) is 0 Å². The molecule has 0 fully saturated rings. The van der Waals surface area contributed by atoms with Gasteiger partial charge in [-0.1, -0.05) is 97.9 Å². The first-order chi connectivity index (χ1) is 16.3. The van der Waals surface area contributed by atoms with E-state index in [1.807, 2.05) is 12.1 Å². The lowest BCUT2D eigenvalue weighted by Gasteiger charge is -2.08. The number of benzene rings is 5. The molecule has 1 heteroatoms. The SMILES string of the molecule is CCc1ccc(-c2ccc(-c3cccc(-c4ccc5c(c4)oc4ccccc45)c3)cc2)cc1. The number of para-hydroxylation sites is 1. The smallest absolute Gasteiger partial charge is 0.136 e. The van der Waals surface area contributed by atoms with Crippen molar-refractivity contribution < 1.29 is 4.42 Å². The average Bonchev–Trinajstić information content (AvgIpc) is 3.27. The predicted octanol–water partition coefficient (Wildman–Crippen LogP) is 9.15. The molecule has 6 rings (SSSR count). The molecular formula is C32H24O. The number of hydrogen-bond acceptors (Lipinski definition) is 1. The van der Waals surface area contributed by atoms with Crippen LogP contribution in [0.5, 0.6) is 0 Å². The average molecular weight is 425 g/mol. The summed E-state index contributed by atoms with van der Waals surface area (Å²) in [5.41, 5.74) is 10.5. The highest BCUT2D eigenvalue weighted by Gasteiger charge is 2.09. The third-order valence-electron chi connectivity index (χ3n) is 6.49. The van der Waals surface area contributed by atoms with Gasteiger partial charge in [0.15, 0.2) is 0 Å². The summed E-state index contributed by atoms with van der Waals surface area (Å²) in [6, 6.07) is 41.1. The van der Waals surface area contributed by atoms with Crippen LogP contribution >= 0.6 is 0 Å². The molecule has 0 radical (unpaired) electrons. The number of hydrogen-bond donors (Lipinski definition) is 0. The van der Waals surface area contributed by atoms with E-state index in [9.17, 15) is 0 Å². The molecule has 0 unspecified atom stereocenters. The highest BCUT2D eigenvalue weighted by Crippen LogP contribution is 2.33. The molecule has 0 atom stereocenters. The summed E-state index contributed by atoms with van der Waals surface area (Å²) in [6.07, 6.45) is 1.07. The van der Waals surface area contributed by atoms with E-state index in [1.165, 1.54) is 33.4 Å². The van der Waals surface area contributed by atoms with Crippen molar-refractivity contribution >= 4 is 21.9 Å². The minimum absolute atomic E-state index is 0.928. The van der Waals surface area contributed by atoms with Gasteiger partial charge in [-0.15, -0.1) is 0 Å². The summed E-state index contributed by atoms with van der Waals surface area (Å²) in [5, 5.41) is 2.32. The van der Waals surface area contributed by atoms with E-state index in [1.54, 1.807) is 0 Å². The van der Waals surface area contributed by atoms with E-state index >= 15 is 0 Å². The quantitative estimate of drug-likeness (QED) is 0.275. The predicted molar refractivity (Wildman–Crippen MR) is 139 cm³/mol. The largest absolute Gasteiger partial charge is 0.456 e. The van der Waals surface area contributed by atoms with Gasteiger partial charge in [-0.25, -0.2) is 0 Å². The number of rotatable bonds is 4. The molecule has 5 aromatic carbocycles. The van der Waals surface area contributed by atoms with E-state index in [0.29, 0.717) is 0 Å². The summed E-state index contributed by atoms with van der Waals surface area (Å²) in [4.78, 5) is 0. The Kier molecular flexibility index (Phi) is 4.81. The molecule has 0 spiro atoms. The fraction of sp³-hybridized carbons (Fsp3) is 0.0625. The lowest BCUT2D eigenvalue weighted by molar-refractivity contribution is 0.669. The van der Waals surface area contributed by atoms with Crippen molar-refractivity contribution in [3.63, 3.8) is 0 Å². The number of furan rings is 1. The maximum absolute atomic E-state index is 6.10. The van der Waals surface area contributed by atoms with Crippen molar-refractivity contribution in [1.82, 2.24) is 0 Å². The van der Waals surface area contributed by atoms with Gasteiger partial charge < -0.3 is 4.42 Å². The molecule has 0 N–H and O–H groups in total. The molecule has 1 heterocycles. The molecule has 0 saturated carbocycles. The number of aryl methyl sites for hydroxylation is 1. The zero-order valence-electron chi connectivity index (χ0n) is 18.6. The zero-order valence-corrected chi connectivity index (χ0v) is 18.6. The Bertz CT molecular complexity index is 1570. The van der Waals surface area contributed by atoms with Gasteiger partial charge in [0.1, 0.15) is 11.2 Å². The molecule has 1 nitrogen and oxygen atoms in total. The highest BCUT2D eigenvalue weighted by atomic mass is 16.3. The van der Waals surface area contributed by atoms with Crippen LogP contribution in [0.4, 0.5) is 0 Å². The van der Waals surface area contributed by atoms with Crippen LogP contribution in [-0.2, 0) is 6.42 Å². The third kappa shape index (κ3) is 3.62. The molecule has 33 heavy (non-hydrogen) atoms. The maximum atomic E-state index is 6.10. The summed E-state index contributed by atoms with van der Waals surface area (Å²) < 4.78 is 6.10. The first-order valence-corrected chi connectivity index (χ1v) is 11.5. The Hall–Kier alpha value is -4.10. The van der Waals surface area contributed by atoms with Gasteiger partial charge in [-0.05, 0) is 69.6 Å². The van der Waals surface area contributed by atoms with Gasteiger partial charge in [-0.2, -0.15) is 0 Å². The molecule has 0 bridgehead atoms. The van der Waals surface area contributed by atoms with Crippen LogP contribution in [0.3, 0.4) is 0 Å². The Balaban J connectivity index is 1.33. The van der Waals surface area contributed by atoms with Crippen LogP contribution in [0, 0.1) is 0 Å². The van der Waals surface area contributed by atoms with Crippen molar-refractivity contribution in [2.75, 3.05) is 0 Å². The van der Waals surface area contributed by atoms with Crippen LogP contribution in [0.2, 0.25) is 0 Å². The van der Waals surface area contributed by atoms with Gasteiger partial charge >= 0.3 is 0 Å². The third-order valence-corrected chi connectivity index (χ3v) is 6.49. The standard InChI is InChI=1S/C32H24O/c1-2-22-10-12-23(13-11-22)24-14-16-25(17-15-24)26-6-5-7-27(20-26)28-18-19-30-29-8-3-4-9-31(29)33-32(30)21-28/h3-21H,2H2,1H3. The summed E-state index contributed by atoms with van der Waals surface area (Å²) in [7, 11) is 0. The van der Waals surface area contributed by atoms with Gasteiger partial charge in [0.2, 0.25) is 0 Å². The van der Waals surface area contributed by atoms with Gasteiger partial charge in [0.05, 0.1) is 0 Å². The lowest BCUT2D eigenvalue weighted by atomic mass is 9.96. The lowest BCUT2D eigenvalue weighted by Crippen LogP contribution is -1.84. The Labute approximate surface area is 193 Å². The van der Waals surface area contributed by atoms with Gasteiger partial charge in [0.25, 0.3) is 0 Å². The second kappa shape index (κ2) is 8.11. The highest BCUT2D eigenvalue weighted by molar-refractivity contribution is 6.05. The van der Waals surface area contributed by atoms with E-state index in [2.05, 4.69) is 110 Å².